The number of carboxylic acids is 1. The summed E-state index contributed by atoms with van der Waals surface area (Å²) in [6.07, 6.45) is 2.97. The number of aromatic nitrogens is 2. The number of aromatic carboxylic acids is 1. The van der Waals surface area contributed by atoms with Crippen LogP contribution in [0.2, 0.25) is 0 Å². The third-order valence-electron chi connectivity index (χ3n) is 3.05. The van der Waals surface area contributed by atoms with Crippen molar-refractivity contribution in [1.29, 1.82) is 0 Å². The molecule has 104 valence electrons. The molecule has 0 amide bonds. The second kappa shape index (κ2) is 5.20. The molecular formula is C16H12N2O3. The van der Waals surface area contributed by atoms with E-state index in [4.69, 9.17) is 4.74 Å². The zero-order valence-corrected chi connectivity index (χ0v) is 11.3. The first-order valence-electron chi connectivity index (χ1n) is 6.36. The molecule has 0 saturated heterocycles. The van der Waals surface area contributed by atoms with Crippen LogP contribution in [0.4, 0.5) is 0 Å². The fraction of sp³-hybridized carbons (Fsp3) is 0.0625. The summed E-state index contributed by atoms with van der Waals surface area (Å²) in [4.78, 5) is 19.5. The first kappa shape index (κ1) is 13.1. The molecule has 0 aliphatic rings. The SMILES string of the molecule is Cc1cc(Oc2cccc3cccnc23)c(C(=O)O)cn1. The highest BCUT2D eigenvalue weighted by molar-refractivity contribution is 5.91. The average Bonchev–Trinajstić information content (AvgIpc) is 2.47. The molecule has 1 N–H and O–H groups in total. The van der Waals surface area contributed by atoms with Crippen LogP contribution >= 0.6 is 0 Å². The van der Waals surface area contributed by atoms with Crippen LogP contribution in [0.1, 0.15) is 16.1 Å². The van der Waals surface area contributed by atoms with E-state index in [1.807, 2.05) is 24.3 Å². The molecule has 5 heteroatoms. The molecule has 5 nitrogen and oxygen atoms in total. The quantitative estimate of drug-likeness (QED) is 0.795. The topological polar surface area (TPSA) is 72.3 Å². The molecule has 0 fully saturated rings. The van der Waals surface area contributed by atoms with E-state index >= 15 is 0 Å². The standard InChI is InChI=1S/C16H12N2O3/c1-10-8-14(12(9-18-10)16(19)20)21-13-6-2-4-11-5-3-7-17-15(11)13/h2-9H,1H3,(H,19,20). The number of nitrogens with zero attached hydrogens (tertiary/aromatic N) is 2. The lowest BCUT2D eigenvalue weighted by molar-refractivity contribution is 0.0693. The van der Waals surface area contributed by atoms with Gasteiger partial charge in [0.2, 0.25) is 0 Å². The predicted molar refractivity (Wildman–Crippen MR) is 77.8 cm³/mol. The van der Waals surface area contributed by atoms with E-state index in [-0.39, 0.29) is 11.3 Å². The van der Waals surface area contributed by atoms with Crippen molar-refractivity contribution in [1.82, 2.24) is 9.97 Å². The van der Waals surface area contributed by atoms with Crippen LogP contribution in [0.5, 0.6) is 11.5 Å². The molecule has 0 radical (unpaired) electrons. The Morgan fingerprint density at radius 3 is 2.76 bits per heavy atom. The van der Waals surface area contributed by atoms with Crippen LogP contribution in [-0.2, 0) is 0 Å². The maximum Gasteiger partial charge on any atom is 0.341 e. The van der Waals surface area contributed by atoms with Gasteiger partial charge in [-0.2, -0.15) is 0 Å². The third-order valence-corrected chi connectivity index (χ3v) is 3.05. The zero-order valence-electron chi connectivity index (χ0n) is 11.3. The second-order valence-corrected chi connectivity index (χ2v) is 4.56. The highest BCUT2D eigenvalue weighted by Crippen LogP contribution is 2.30. The van der Waals surface area contributed by atoms with Crippen molar-refractivity contribution in [3.8, 4) is 11.5 Å². The number of benzene rings is 1. The van der Waals surface area contributed by atoms with Crippen LogP contribution in [-0.4, -0.2) is 21.0 Å². The number of aryl methyl sites for hydroxylation is 1. The van der Waals surface area contributed by atoms with Gasteiger partial charge in [0.15, 0.2) is 5.75 Å². The maximum absolute atomic E-state index is 11.3. The van der Waals surface area contributed by atoms with E-state index < -0.39 is 5.97 Å². The molecular weight excluding hydrogens is 268 g/mol. The van der Waals surface area contributed by atoms with Crippen molar-refractivity contribution in [3.63, 3.8) is 0 Å². The lowest BCUT2D eigenvalue weighted by atomic mass is 10.2. The van der Waals surface area contributed by atoms with E-state index in [2.05, 4.69) is 9.97 Å². The van der Waals surface area contributed by atoms with E-state index in [0.29, 0.717) is 17.0 Å². The summed E-state index contributed by atoms with van der Waals surface area (Å²) in [5.41, 5.74) is 1.39. The Hall–Kier alpha value is -2.95. The molecule has 0 saturated carbocycles. The fourth-order valence-corrected chi connectivity index (χ4v) is 2.06. The normalized spacial score (nSPS) is 10.5. The molecule has 0 aliphatic heterocycles. The number of ether oxygens (including phenoxy) is 1. The Balaban J connectivity index is 2.11. The molecule has 0 spiro atoms. The number of carbonyl (C=O) groups is 1. The van der Waals surface area contributed by atoms with Gasteiger partial charge in [-0.25, -0.2) is 4.79 Å². The van der Waals surface area contributed by atoms with Crippen LogP contribution in [0.3, 0.4) is 0 Å². The summed E-state index contributed by atoms with van der Waals surface area (Å²) in [6, 6.07) is 10.9. The number of rotatable bonds is 3. The monoisotopic (exact) mass is 280 g/mol. The van der Waals surface area contributed by atoms with E-state index in [0.717, 1.165) is 5.39 Å². The van der Waals surface area contributed by atoms with Crippen molar-refractivity contribution in [2.75, 3.05) is 0 Å². The van der Waals surface area contributed by atoms with Crippen LogP contribution < -0.4 is 4.74 Å². The molecule has 0 atom stereocenters. The Kier molecular flexibility index (Phi) is 3.23. The molecule has 2 heterocycles. The predicted octanol–water partition coefficient (Wildman–Crippen LogP) is 3.43. The highest BCUT2D eigenvalue weighted by Gasteiger charge is 2.14. The van der Waals surface area contributed by atoms with Crippen molar-refractivity contribution in [2.45, 2.75) is 6.92 Å². The number of carboxylic acid groups (broad SMARTS) is 1. The van der Waals surface area contributed by atoms with Crippen molar-refractivity contribution < 1.29 is 14.6 Å². The molecule has 3 aromatic rings. The van der Waals surface area contributed by atoms with E-state index in [1.165, 1.54) is 6.20 Å². The second-order valence-electron chi connectivity index (χ2n) is 4.56. The molecule has 0 unspecified atom stereocenters. The molecule has 1 aromatic carbocycles. The molecule has 21 heavy (non-hydrogen) atoms. The number of hydrogen-bond acceptors (Lipinski definition) is 4. The van der Waals surface area contributed by atoms with E-state index in [9.17, 15) is 9.90 Å². The summed E-state index contributed by atoms with van der Waals surface area (Å²) < 4.78 is 5.78. The smallest absolute Gasteiger partial charge is 0.341 e. The van der Waals surface area contributed by atoms with Gasteiger partial charge in [-0.3, -0.25) is 9.97 Å². The summed E-state index contributed by atoms with van der Waals surface area (Å²) in [7, 11) is 0. The summed E-state index contributed by atoms with van der Waals surface area (Å²) >= 11 is 0. The van der Waals surface area contributed by atoms with Gasteiger partial charge in [0.25, 0.3) is 0 Å². The van der Waals surface area contributed by atoms with Crippen LogP contribution in [0, 0.1) is 6.92 Å². The number of fused-ring (bicyclic) bond motifs is 1. The lowest BCUT2D eigenvalue weighted by Gasteiger charge is -2.10. The van der Waals surface area contributed by atoms with Gasteiger partial charge < -0.3 is 9.84 Å². The first-order valence-corrected chi connectivity index (χ1v) is 6.36. The lowest BCUT2D eigenvalue weighted by Crippen LogP contribution is -2.02. The Morgan fingerprint density at radius 1 is 1.14 bits per heavy atom. The van der Waals surface area contributed by atoms with E-state index in [1.54, 1.807) is 25.3 Å². The molecule has 3 rings (SSSR count). The van der Waals surface area contributed by atoms with Crippen molar-refractivity contribution in [2.24, 2.45) is 0 Å². The zero-order chi connectivity index (χ0) is 14.8. The maximum atomic E-state index is 11.3. The average molecular weight is 280 g/mol. The Bertz CT molecular complexity index is 825. The highest BCUT2D eigenvalue weighted by atomic mass is 16.5. The van der Waals surface area contributed by atoms with Crippen molar-refractivity contribution >= 4 is 16.9 Å². The van der Waals surface area contributed by atoms with Gasteiger partial charge in [0, 0.05) is 29.5 Å². The third kappa shape index (κ3) is 2.53. The van der Waals surface area contributed by atoms with Crippen molar-refractivity contribution in [3.05, 3.63) is 60.0 Å². The number of hydrogen-bond donors (Lipinski definition) is 1. The minimum Gasteiger partial charge on any atom is -0.477 e. The first-order chi connectivity index (χ1) is 10.1. The van der Waals surface area contributed by atoms with Gasteiger partial charge in [-0.1, -0.05) is 18.2 Å². The van der Waals surface area contributed by atoms with Gasteiger partial charge in [-0.05, 0) is 19.1 Å². The number of pyridine rings is 2. The summed E-state index contributed by atoms with van der Waals surface area (Å²) in [6.45, 7) is 1.78. The minimum atomic E-state index is -1.08. The Morgan fingerprint density at radius 2 is 1.95 bits per heavy atom. The largest absolute Gasteiger partial charge is 0.477 e. The Labute approximate surface area is 120 Å². The van der Waals surface area contributed by atoms with Gasteiger partial charge in [0.05, 0.1) is 0 Å². The van der Waals surface area contributed by atoms with Gasteiger partial charge in [0.1, 0.15) is 16.8 Å². The molecule has 2 aromatic heterocycles. The molecule has 0 bridgehead atoms. The number of para-hydroxylation sites is 1. The molecule has 0 aliphatic carbocycles. The minimum absolute atomic E-state index is 0.0218. The van der Waals surface area contributed by atoms with Crippen LogP contribution in [0.15, 0.2) is 48.8 Å². The van der Waals surface area contributed by atoms with Crippen LogP contribution in [0.25, 0.3) is 10.9 Å². The van der Waals surface area contributed by atoms with Gasteiger partial charge in [-0.15, -0.1) is 0 Å². The summed E-state index contributed by atoms with van der Waals surface area (Å²) in [5, 5.41) is 10.1. The fourth-order valence-electron chi connectivity index (χ4n) is 2.06. The summed E-state index contributed by atoms with van der Waals surface area (Å²) in [5.74, 6) is -0.306. The van der Waals surface area contributed by atoms with Gasteiger partial charge >= 0.3 is 5.97 Å².